The van der Waals surface area contributed by atoms with E-state index < -0.39 is 42.0 Å². The van der Waals surface area contributed by atoms with Crippen molar-refractivity contribution in [2.45, 2.75) is 51.4 Å². The Balaban J connectivity index is 2.91. The number of aliphatic carboxylic acids is 1. The van der Waals surface area contributed by atoms with E-state index >= 15 is 0 Å². The molecule has 0 aromatic rings. The summed E-state index contributed by atoms with van der Waals surface area (Å²) in [6, 6.07) is 0. The van der Waals surface area contributed by atoms with Gasteiger partial charge in [0.25, 0.3) is 0 Å². The van der Waals surface area contributed by atoms with Crippen LogP contribution < -0.4 is 0 Å². The maximum atomic E-state index is 13.8. The minimum absolute atomic E-state index is 0.0669. The molecular formula is C11H16F4O2. The van der Waals surface area contributed by atoms with Crippen LogP contribution >= 0.6 is 0 Å². The van der Waals surface area contributed by atoms with Crippen LogP contribution in [-0.4, -0.2) is 22.9 Å². The van der Waals surface area contributed by atoms with Crippen LogP contribution in [0.3, 0.4) is 0 Å². The van der Waals surface area contributed by atoms with E-state index in [4.69, 9.17) is 5.11 Å². The molecule has 0 amide bonds. The summed E-state index contributed by atoms with van der Waals surface area (Å²) >= 11 is 0. The first-order valence-electron chi connectivity index (χ1n) is 5.50. The third-order valence-electron chi connectivity index (χ3n) is 3.78. The number of hydrogen-bond acceptors (Lipinski definition) is 1. The van der Waals surface area contributed by atoms with E-state index in [9.17, 15) is 22.4 Å². The molecule has 2 atom stereocenters. The minimum atomic E-state index is -4.92. The Kier molecular flexibility index (Phi) is 3.47. The lowest BCUT2D eigenvalue weighted by molar-refractivity contribution is -0.247. The van der Waals surface area contributed by atoms with Gasteiger partial charge in [-0.15, -0.1) is 0 Å². The summed E-state index contributed by atoms with van der Waals surface area (Å²) in [5.74, 6) is -1.98. The van der Waals surface area contributed by atoms with Crippen molar-refractivity contribution in [2.75, 3.05) is 0 Å². The molecule has 1 fully saturated rings. The second-order valence-electron chi connectivity index (χ2n) is 5.28. The number of carboxylic acids is 1. The second-order valence-corrected chi connectivity index (χ2v) is 5.28. The molecule has 1 rings (SSSR count). The lowest BCUT2D eigenvalue weighted by atomic mass is 9.67. The fraction of sp³-hybridized carbons (Fsp3) is 0.909. The van der Waals surface area contributed by atoms with Crippen molar-refractivity contribution in [1.82, 2.24) is 0 Å². The van der Waals surface area contributed by atoms with E-state index in [1.165, 1.54) is 13.8 Å². The number of alkyl halides is 4. The quantitative estimate of drug-likeness (QED) is 0.767. The summed E-state index contributed by atoms with van der Waals surface area (Å²) in [7, 11) is 0. The van der Waals surface area contributed by atoms with Crippen molar-refractivity contribution in [2.24, 2.45) is 11.3 Å². The van der Waals surface area contributed by atoms with Crippen molar-refractivity contribution < 1.29 is 27.5 Å². The lowest BCUT2D eigenvalue weighted by Crippen LogP contribution is -2.48. The van der Waals surface area contributed by atoms with Gasteiger partial charge in [-0.05, 0) is 45.4 Å². The van der Waals surface area contributed by atoms with Gasteiger partial charge in [0.05, 0.1) is 5.41 Å². The van der Waals surface area contributed by atoms with Crippen LogP contribution in [0.4, 0.5) is 17.6 Å². The van der Waals surface area contributed by atoms with Gasteiger partial charge in [-0.2, -0.15) is 13.2 Å². The van der Waals surface area contributed by atoms with E-state index in [1.807, 2.05) is 0 Å². The van der Waals surface area contributed by atoms with Gasteiger partial charge in [0.2, 0.25) is 5.67 Å². The molecule has 1 aliphatic carbocycles. The van der Waals surface area contributed by atoms with Crippen molar-refractivity contribution in [3.8, 4) is 0 Å². The van der Waals surface area contributed by atoms with Crippen LogP contribution in [0.5, 0.6) is 0 Å². The molecule has 0 bridgehead atoms. The van der Waals surface area contributed by atoms with Gasteiger partial charge in [-0.3, -0.25) is 4.79 Å². The largest absolute Gasteiger partial charge is 0.481 e. The summed E-state index contributed by atoms with van der Waals surface area (Å²) in [4.78, 5) is 11.0. The standard InChI is InChI=1S/C11H16F4O2/c1-9(2,8(16)17)7-4-3-5-10(12,6-7)11(13,14)15/h7H,3-6H2,1-2H3,(H,16,17). The van der Waals surface area contributed by atoms with Gasteiger partial charge in [0.1, 0.15) is 0 Å². The highest BCUT2D eigenvalue weighted by Gasteiger charge is 2.59. The topological polar surface area (TPSA) is 37.3 Å². The first-order chi connectivity index (χ1) is 7.51. The molecule has 0 aromatic carbocycles. The molecule has 17 heavy (non-hydrogen) atoms. The predicted molar refractivity (Wildman–Crippen MR) is 53.3 cm³/mol. The molecule has 0 heterocycles. The Labute approximate surface area is 97.0 Å². The number of rotatable bonds is 2. The van der Waals surface area contributed by atoms with Crippen molar-refractivity contribution in [3.63, 3.8) is 0 Å². The first kappa shape index (κ1) is 14.3. The monoisotopic (exact) mass is 256 g/mol. The van der Waals surface area contributed by atoms with E-state index in [1.54, 1.807) is 0 Å². The highest BCUT2D eigenvalue weighted by atomic mass is 19.4. The predicted octanol–water partition coefficient (Wildman–Crippen LogP) is 3.56. The smallest absolute Gasteiger partial charge is 0.422 e. The van der Waals surface area contributed by atoms with Crippen LogP contribution in [0.2, 0.25) is 0 Å². The Morgan fingerprint density at radius 1 is 1.35 bits per heavy atom. The summed E-state index contributed by atoms with van der Waals surface area (Å²) < 4.78 is 51.5. The van der Waals surface area contributed by atoms with Crippen molar-refractivity contribution in [3.05, 3.63) is 0 Å². The minimum Gasteiger partial charge on any atom is -0.481 e. The molecular weight excluding hydrogens is 240 g/mol. The average molecular weight is 256 g/mol. The van der Waals surface area contributed by atoms with Crippen molar-refractivity contribution in [1.29, 1.82) is 0 Å². The fourth-order valence-corrected chi connectivity index (χ4v) is 2.27. The molecule has 0 saturated heterocycles. The Morgan fingerprint density at radius 2 is 1.88 bits per heavy atom. The van der Waals surface area contributed by atoms with E-state index in [0.717, 1.165) is 0 Å². The number of halogens is 4. The van der Waals surface area contributed by atoms with Gasteiger partial charge in [-0.25, -0.2) is 4.39 Å². The highest BCUT2D eigenvalue weighted by Crippen LogP contribution is 2.50. The Hall–Kier alpha value is -0.810. The number of hydrogen-bond donors (Lipinski definition) is 1. The fourth-order valence-electron chi connectivity index (χ4n) is 2.27. The van der Waals surface area contributed by atoms with Gasteiger partial charge in [0.15, 0.2) is 0 Å². The van der Waals surface area contributed by atoms with Crippen LogP contribution in [-0.2, 0) is 4.79 Å². The Bertz CT molecular complexity index is 311. The maximum Gasteiger partial charge on any atom is 0.422 e. The summed E-state index contributed by atoms with van der Waals surface area (Å²) in [6.07, 6.45) is -5.85. The zero-order valence-electron chi connectivity index (χ0n) is 9.77. The van der Waals surface area contributed by atoms with Gasteiger partial charge in [0, 0.05) is 0 Å². The van der Waals surface area contributed by atoms with E-state index in [-0.39, 0.29) is 6.42 Å². The summed E-state index contributed by atoms with van der Waals surface area (Å²) in [5.41, 5.74) is -4.56. The zero-order valence-corrected chi connectivity index (χ0v) is 9.77. The summed E-state index contributed by atoms with van der Waals surface area (Å²) in [6.45, 7) is 2.70. The van der Waals surface area contributed by atoms with Crippen LogP contribution in [0.15, 0.2) is 0 Å². The van der Waals surface area contributed by atoms with Gasteiger partial charge < -0.3 is 5.11 Å². The molecule has 100 valence electrons. The molecule has 6 heteroatoms. The zero-order chi connectivity index (χ0) is 13.5. The summed E-state index contributed by atoms with van der Waals surface area (Å²) in [5, 5.41) is 8.96. The maximum absolute atomic E-state index is 13.8. The van der Waals surface area contributed by atoms with Crippen molar-refractivity contribution >= 4 is 5.97 Å². The van der Waals surface area contributed by atoms with E-state index in [0.29, 0.717) is 6.42 Å². The van der Waals surface area contributed by atoms with Gasteiger partial charge >= 0.3 is 12.1 Å². The molecule has 0 spiro atoms. The second kappa shape index (κ2) is 4.14. The third-order valence-corrected chi connectivity index (χ3v) is 3.78. The molecule has 1 N–H and O–H groups in total. The molecule has 2 unspecified atom stereocenters. The average Bonchev–Trinajstić information content (AvgIpc) is 2.15. The first-order valence-corrected chi connectivity index (χ1v) is 5.50. The van der Waals surface area contributed by atoms with Crippen LogP contribution in [0, 0.1) is 11.3 Å². The molecule has 2 nitrogen and oxygen atoms in total. The highest BCUT2D eigenvalue weighted by molar-refractivity contribution is 5.74. The lowest BCUT2D eigenvalue weighted by Gasteiger charge is -2.41. The molecule has 1 aliphatic rings. The van der Waals surface area contributed by atoms with Crippen LogP contribution in [0.25, 0.3) is 0 Å². The molecule has 0 aliphatic heterocycles. The molecule has 0 radical (unpaired) electrons. The normalized spacial score (nSPS) is 31.3. The molecule has 0 aromatic heterocycles. The molecule has 1 saturated carbocycles. The SMILES string of the molecule is CC(C)(C(=O)O)C1CCCC(F)(C(F)(F)F)C1. The van der Waals surface area contributed by atoms with E-state index in [2.05, 4.69) is 0 Å². The number of carbonyl (C=O) groups is 1. The van der Waals surface area contributed by atoms with Gasteiger partial charge in [-0.1, -0.05) is 0 Å². The number of carboxylic acid groups (broad SMARTS) is 1. The third kappa shape index (κ3) is 2.55. The Morgan fingerprint density at radius 3 is 2.29 bits per heavy atom. The van der Waals surface area contributed by atoms with Crippen LogP contribution in [0.1, 0.15) is 39.5 Å².